The standard InChI is InChI=1S/C15H13FN2O/c16-12-5-3-4-11(10-12)15(19)18-9-8-17-13-6-1-2-7-14(13)18/h1-7,10,17H,8-9H2. The molecule has 4 heteroatoms. The Morgan fingerprint density at radius 1 is 1.16 bits per heavy atom. The van der Waals surface area contributed by atoms with Gasteiger partial charge in [-0.2, -0.15) is 0 Å². The van der Waals surface area contributed by atoms with Crippen molar-refractivity contribution in [3.05, 3.63) is 59.9 Å². The van der Waals surface area contributed by atoms with E-state index >= 15 is 0 Å². The van der Waals surface area contributed by atoms with E-state index in [0.717, 1.165) is 11.4 Å². The van der Waals surface area contributed by atoms with Crippen LogP contribution in [0.5, 0.6) is 0 Å². The first-order chi connectivity index (χ1) is 9.25. The summed E-state index contributed by atoms with van der Waals surface area (Å²) in [5.41, 5.74) is 2.14. The van der Waals surface area contributed by atoms with Crippen molar-refractivity contribution >= 4 is 17.3 Å². The lowest BCUT2D eigenvalue weighted by Crippen LogP contribution is -2.38. The third-order valence-electron chi connectivity index (χ3n) is 3.16. The molecular formula is C15H13FN2O. The van der Waals surface area contributed by atoms with Gasteiger partial charge < -0.3 is 10.2 Å². The molecule has 1 N–H and O–H groups in total. The van der Waals surface area contributed by atoms with Gasteiger partial charge in [0.05, 0.1) is 11.4 Å². The first-order valence-electron chi connectivity index (χ1n) is 6.16. The fourth-order valence-electron chi connectivity index (χ4n) is 2.27. The molecule has 0 aromatic heterocycles. The maximum atomic E-state index is 13.2. The van der Waals surface area contributed by atoms with Crippen LogP contribution in [-0.2, 0) is 0 Å². The molecule has 0 radical (unpaired) electrons. The van der Waals surface area contributed by atoms with Crippen molar-refractivity contribution in [2.45, 2.75) is 0 Å². The van der Waals surface area contributed by atoms with Crippen molar-refractivity contribution in [1.82, 2.24) is 0 Å². The summed E-state index contributed by atoms with van der Waals surface area (Å²) in [5, 5.41) is 3.24. The fourth-order valence-corrected chi connectivity index (χ4v) is 2.27. The van der Waals surface area contributed by atoms with E-state index in [1.165, 1.54) is 12.1 Å². The van der Waals surface area contributed by atoms with Gasteiger partial charge in [0.1, 0.15) is 5.82 Å². The second-order valence-electron chi connectivity index (χ2n) is 4.41. The SMILES string of the molecule is O=C(c1cccc(F)c1)N1CCNc2ccccc21. The van der Waals surface area contributed by atoms with Crippen LogP contribution in [0.25, 0.3) is 0 Å². The molecule has 0 saturated carbocycles. The van der Waals surface area contributed by atoms with Gasteiger partial charge in [0, 0.05) is 18.7 Å². The predicted molar refractivity (Wildman–Crippen MR) is 73.0 cm³/mol. The zero-order chi connectivity index (χ0) is 13.2. The van der Waals surface area contributed by atoms with E-state index in [0.29, 0.717) is 18.7 Å². The zero-order valence-corrected chi connectivity index (χ0v) is 10.3. The van der Waals surface area contributed by atoms with Gasteiger partial charge in [-0.1, -0.05) is 18.2 Å². The number of nitrogens with one attached hydrogen (secondary N) is 1. The van der Waals surface area contributed by atoms with Gasteiger partial charge in [-0.05, 0) is 30.3 Å². The molecule has 96 valence electrons. The molecule has 0 atom stereocenters. The number of para-hydroxylation sites is 2. The van der Waals surface area contributed by atoms with E-state index in [9.17, 15) is 9.18 Å². The number of amides is 1. The average Bonchev–Trinajstić information content (AvgIpc) is 2.46. The summed E-state index contributed by atoms with van der Waals surface area (Å²) in [6, 6.07) is 13.4. The lowest BCUT2D eigenvalue weighted by molar-refractivity contribution is 0.0987. The average molecular weight is 256 g/mol. The summed E-state index contributed by atoms with van der Waals surface area (Å²) < 4.78 is 13.2. The largest absolute Gasteiger partial charge is 0.382 e. The Morgan fingerprint density at radius 2 is 2.00 bits per heavy atom. The summed E-state index contributed by atoms with van der Waals surface area (Å²) in [4.78, 5) is 14.1. The number of benzene rings is 2. The fraction of sp³-hybridized carbons (Fsp3) is 0.133. The Bertz CT molecular complexity index is 627. The molecule has 3 nitrogen and oxygen atoms in total. The maximum absolute atomic E-state index is 13.2. The number of fused-ring (bicyclic) bond motifs is 1. The molecule has 3 rings (SSSR count). The van der Waals surface area contributed by atoms with E-state index < -0.39 is 5.82 Å². The van der Waals surface area contributed by atoms with Gasteiger partial charge in [-0.3, -0.25) is 4.79 Å². The van der Waals surface area contributed by atoms with E-state index in [1.54, 1.807) is 17.0 Å². The first-order valence-corrected chi connectivity index (χ1v) is 6.16. The van der Waals surface area contributed by atoms with Crippen LogP contribution in [0, 0.1) is 5.82 Å². The van der Waals surface area contributed by atoms with Gasteiger partial charge in [0.2, 0.25) is 0 Å². The van der Waals surface area contributed by atoms with E-state index in [2.05, 4.69) is 5.32 Å². The number of rotatable bonds is 1. The van der Waals surface area contributed by atoms with Gasteiger partial charge in [-0.25, -0.2) is 4.39 Å². The van der Waals surface area contributed by atoms with Crippen LogP contribution in [0.2, 0.25) is 0 Å². The van der Waals surface area contributed by atoms with Gasteiger partial charge in [0.25, 0.3) is 5.91 Å². The van der Waals surface area contributed by atoms with Crippen molar-refractivity contribution in [3.8, 4) is 0 Å². The molecule has 1 aliphatic heterocycles. The van der Waals surface area contributed by atoms with Crippen molar-refractivity contribution in [2.75, 3.05) is 23.3 Å². The van der Waals surface area contributed by atoms with Crippen LogP contribution < -0.4 is 10.2 Å². The van der Waals surface area contributed by atoms with Crippen LogP contribution in [-0.4, -0.2) is 19.0 Å². The maximum Gasteiger partial charge on any atom is 0.258 e. The Hall–Kier alpha value is -2.36. The Labute approximate surface area is 110 Å². The second kappa shape index (κ2) is 4.72. The van der Waals surface area contributed by atoms with Crippen LogP contribution in [0.4, 0.5) is 15.8 Å². The highest BCUT2D eigenvalue weighted by Gasteiger charge is 2.23. The number of carbonyl (C=O) groups excluding carboxylic acids is 1. The molecule has 1 heterocycles. The lowest BCUT2D eigenvalue weighted by Gasteiger charge is -2.30. The quantitative estimate of drug-likeness (QED) is 0.850. The first kappa shape index (κ1) is 11.7. The highest BCUT2D eigenvalue weighted by molar-refractivity contribution is 6.08. The van der Waals surface area contributed by atoms with Gasteiger partial charge in [0.15, 0.2) is 0 Å². The summed E-state index contributed by atoms with van der Waals surface area (Å²) in [7, 11) is 0. The Morgan fingerprint density at radius 3 is 2.84 bits per heavy atom. The smallest absolute Gasteiger partial charge is 0.258 e. The minimum atomic E-state index is -0.394. The molecule has 2 aromatic carbocycles. The molecule has 0 saturated heterocycles. The Balaban J connectivity index is 1.98. The molecule has 0 spiro atoms. The minimum absolute atomic E-state index is 0.173. The second-order valence-corrected chi connectivity index (χ2v) is 4.41. The zero-order valence-electron chi connectivity index (χ0n) is 10.3. The number of carbonyl (C=O) groups is 1. The highest BCUT2D eigenvalue weighted by atomic mass is 19.1. The molecule has 1 amide bonds. The normalized spacial score (nSPS) is 13.6. The van der Waals surface area contributed by atoms with Crippen LogP contribution in [0.1, 0.15) is 10.4 Å². The number of hydrogen-bond acceptors (Lipinski definition) is 2. The summed E-state index contributed by atoms with van der Waals surface area (Å²) in [5.74, 6) is -0.567. The minimum Gasteiger partial charge on any atom is -0.382 e. The number of anilines is 2. The summed E-state index contributed by atoms with van der Waals surface area (Å²) in [6.07, 6.45) is 0. The van der Waals surface area contributed by atoms with E-state index in [1.807, 2.05) is 24.3 Å². The van der Waals surface area contributed by atoms with Crippen molar-refractivity contribution in [2.24, 2.45) is 0 Å². The molecule has 0 bridgehead atoms. The topological polar surface area (TPSA) is 32.3 Å². The van der Waals surface area contributed by atoms with Crippen LogP contribution in [0.15, 0.2) is 48.5 Å². The van der Waals surface area contributed by atoms with Crippen molar-refractivity contribution < 1.29 is 9.18 Å². The highest BCUT2D eigenvalue weighted by Crippen LogP contribution is 2.29. The van der Waals surface area contributed by atoms with E-state index in [-0.39, 0.29) is 5.91 Å². The van der Waals surface area contributed by atoms with Gasteiger partial charge in [-0.15, -0.1) is 0 Å². The number of nitrogens with zero attached hydrogens (tertiary/aromatic N) is 1. The predicted octanol–water partition coefficient (Wildman–Crippen LogP) is 2.90. The third-order valence-corrected chi connectivity index (χ3v) is 3.16. The summed E-state index contributed by atoms with van der Waals surface area (Å²) >= 11 is 0. The van der Waals surface area contributed by atoms with Crippen molar-refractivity contribution in [3.63, 3.8) is 0 Å². The third kappa shape index (κ3) is 2.17. The molecule has 0 aliphatic carbocycles. The monoisotopic (exact) mass is 256 g/mol. The number of hydrogen-bond donors (Lipinski definition) is 1. The Kier molecular flexibility index (Phi) is 2.91. The van der Waals surface area contributed by atoms with Crippen LogP contribution >= 0.6 is 0 Å². The lowest BCUT2D eigenvalue weighted by atomic mass is 10.1. The molecule has 0 fully saturated rings. The molecular weight excluding hydrogens is 243 g/mol. The van der Waals surface area contributed by atoms with Gasteiger partial charge >= 0.3 is 0 Å². The van der Waals surface area contributed by atoms with E-state index in [4.69, 9.17) is 0 Å². The molecule has 0 unspecified atom stereocenters. The molecule has 2 aromatic rings. The molecule has 19 heavy (non-hydrogen) atoms. The molecule has 1 aliphatic rings. The summed E-state index contributed by atoms with van der Waals surface area (Å²) in [6.45, 7) is 1.27. The number of halogens is 1. The van der Waals surface area contributed by atoms with Crippen molar-refractivity contribution in [1.29, 1.82) is 0 Å². The van der Waals surface area contributed by atoms with Crippen LogP contribution in [0.3, 0.4) is 0 Å².